The van der Waals surface area contributed by atoms with Gasteiger partial charge in [0.15, 0.2) is 0 Å². The lowest BCUT2D eigenvalue weighted by molar-refractivity contribution is -0.123. The molecule has 0 heterocycles. The number of aliphatic hydroxyl groups is 2. The maximum atomic E-state index is 12.5. The van der Waals surface area contributed by atoms with Gasteiger partial charge in [0.1, 0.15) is 0 Å². The van der Waals surface area contributed by atoms with Crippen molar-refractivity contribution in [3.63, 3.8) is 0 Å². The van der Waals surface area contributed by atoms with E-state index in [1.54, 1.807) is 0 Å². The molecule has 0 bridgehead atoms. The minimum atomic E-state index is -0.654. The number of nitrogens with one attached hydrogen (secondary N) is 1. The Morgan fingerprint density at radius 2 is 0.508 bits per heavy atom. The van der Waals surface area contributed by atoms with Crippen LogP contribution in [-0.4, -0.2) is 34.9 Å². The lowest BCUT2D eigenvalue weighted by Crippen LogP contribution is -2.45. The maximum Gasteiger partial charge on any atom is 0.220 e. The predicted molar refractivity (Wildman–Crippen MR) is 281 cm³/mol. The van der Waals surface area contributed by atoms with Gasteiger partial charge in [-0.05, 0) is 12.8 Å². The molecule has 0 aliphatic carbocycles. The Morgan fingerprint density at radius 1 is 0.317 bits per heavy atom. The molecule has 0 aromatic carbocycles. The van der Waals surface area contributed by atoms with Crippen LogP contribution >= 0.6 is 0 Å². The minimum absolute atomic E-state index is 0.0218. The van der Waals surface area contributed by atoms with Gasteiger partial charge < -0.3 is 15.5 Å². The number of amides is 1. The summed E-state index contributed by atoms with van der Waals surface area (Å²) >= 11 is 0. The highest BCUT2D eigenvalue weighted by Gasteiger charge is 2.20. The van der Waals surface area contributed by atoms with E-state index in [0.29, 0.717) is 12.8 Å². The number of hydrogen-bond acceptors (Lipinski definition) is 3. The van der Waals surface area contributed by atoms with E-state index in [2.05, 4.69) is 19.2 Å². The monoisotopic (exact) mass is 890 g/mol. The van der Waals surface area contributed by atoms with Crippen molar-refractivity contribution in [3.8, 4) is 0 Å². The molecule has 0 aromatic heterocycles. The summed E-state index contributed by atoms with van der Waals surface area (Å²) in [5.41, 5.74) is 0. The smallest absolute Gasteiger partial charge is 0.220 e. The van der Waals surface area contributed by atoms with Crippen LogP contribution in [0.2, 0.25) is 0 Å². The third-order valence-corrected chi connectivity index (χ3v) is 14.4. The average molecular weight is 891 g/mol. The van der Waals surface area contributed by atoms with Crippen molar-refractivity contribution in [2.24, 2.45) is 0 Å². The van der Waals surface area contributed by atoms with Crippen molar-refractivity contribution in [3.05, 3.63) is 0 Å². The molecule has 0 rings (SSSR count). The Bertz CT molecular complexity index is 834. The fourth-order valence-electron chi connectivity index (χ4n) is 9.84. The van der Waals surface area contributed by atoms with E-state index in [4.69, 9.17) is 0 Å². The second kappa shape index (κ2) is 55.7. The van der Waals surface area contributed by atoms with Gasteiger partial charge in [0.05, 0.1) is 18.8 Å². The van der Waals surface area contributed by atoms with Gasteiger partial charge in [0.2, 0.25) is 5.91 Å². The molecule has 63 heavy (non-hydrogen) atoms. The number of hydrogen-bond donors (Lipinski definition) is 3. The molecule has 378 valence electrons. The third-order valence-electron chi connectivity index (χ3n) is 14.4. The van der Waals surface area contributed by atoms with Crippen LogP contribution in [0.3, 0.4) is 0 Å². The molecule has 0 aliphatic rings. The highest BCUT2D eigenvalue weighted by molar-refractivity contribution is 5.76. The summed E-state index contributed by atoms with van der Waals surface area (Å²) in [6.07, 6.45) is 71.2. The molecule has 0 aliphatic heterocycles. The van der Waals surface area contributed by atoms with E-state index in [1.165, 1.54) is 302 Å². The Balaban J connectivity index is 3.35. The topological polar surface area (TPSA) is 69.6 Å². The minimum Gasteiger partial charge on any atom is -0.394 e. The Kier molecular flexibility index (Phi) is 55.2. The summed E-state index contributed by atoms with van der Waals surface area (Å²) in [6.45, 7) is 4.40. The molecule has 0 radical (unpaired) electrons. The van der Waals surface area contributed by atoms with Crippen molar-refractivity contribution in [2.75, 3.05) is 6.61 Å². The van der Waals surface area contributed by atoms with Crippen molar-refractivity contribution in [1.82, 2.24) is 5.32 Å². The van der Waals surface area contributed by atoms with E-state index in [-0.39, 0.29) is 12.5 Å². The van der Waals surface area contributed by atoms with Gasteiger partial charge in [0, 0.05) is 6.42 Å². The van der Waals surface area contributed by atoms with Crippen LogP contribution in [-0.2, 0) is 4.79 Å². The lowest BCUT2D eigenvalue weighted by atomic mass is 10.0. The summed E-state index contributed by atoms with van der Waals surface area (Å²) in [5, 5.41) is 23.3. The number of carbonyl (C=O) groups excluding carboxylic acids is 1. The molecule has 1 amide bonds. The van der Waals surface area contributed by atoms with E-state index < -0.39 is 12.1 Å². The molecular formula is C59H119NO3. The average Bonchev–Trinajstić information content (AvgIpc) is 3.29. The van der Waals surface area contributed by atoms with E-state index in [9.17, 15) is 15.0 Å². The van der Waals surface area contributed by atoms with E-state index in [0.717, 1.165) is 25.7 Å². The van der Waals surface area contributed by atoms with Crippen LogP contribution in [0.5, 0.6) is 0 Å². The van der Waals surface area contributed by atoms with E-state index in [1.807, 2.05) is 0 Å². The highest BCUT2D eigenvalue weighted by Crippen LogP contribution is 2.19. The first-order valence-electron chi connectivity index (χ1n) is 29.7. The van der Waals surface area contributed by atoms with Gasteiger partial charge in [0.25, 0.3) is 0 Å². The molecule has 0 saturated heterocycles. The Labute approximate surface area is 397 Å². The van der Waals surface area contributed by atoms with Crippen LogP contribution in [0.4, 0.5) is 0 Å². The zero-order valence-corrected chi connectivity index (χ0v) is 43.6. The lowest BCUT2D eigenvalue weighted by Gasteiger charge is -2.22. The largest absolute Gasteiger partial charge is 0.394 e. The molecule has 2 atom stereocenters. The zero-order valence-electron chi connectivity index (χ0n) is 43.6. The van der Waals surface area contributed by atoms with Crippen LogP contribution in [0.15, 0.2) is 0 Å². The Morgan fingerprint density at radius 3 is 0.714 bits per heavy atom. The van der Waals surface area contributed by atoms with Gasteiger partial charge in [-0.2, -0.15) is 0 Å². The SMILES string of the molecule is CCCCCCCCCCCCCCCCCCCCCCCCCCCCCCCCCCCCC(=O)NC(CO)C(O)CCCCCCCCCCCCCCCCCCC. The first-order valence-corrected chi connectivity index (χ1v) is 29.7. The van der Waals surface area contributed by atoms with Crippen LogP contribution in [0, 0.1) is 0 Å². The maximum absolute atomic E-state index is 12.5. The molecule has 2 unspecified atom stereocenters. The van der Waals surface area contributed by atoms with Crippen LogP contribution in [0.25, 0.3) is 0 Å². The fourth-order valence-corrected chi connectivity index (χ4v) is 9.84. The van der Waals surface area contributed by atoms with Gasteiger partial charge in [-0.3, -0.25) is 4.79 Å². The van der Waals surface area contributed by atoms with Crippen molar-refractivity contribution < 1.29 is 15.0 Å². The van der Waals surface area contributed by atoms with Crippen molar-refractivity contribution in [1.29, 1.82) is 0 Å². The van der Waals surface area contributed by atoms with Gasteiger partial charge in [-0.15, -0.1) is 0 Å². The highest BCUT2D eigenvalue weighted by atomic mass is 16.3. The van der Waals surface area contributed by atoms with Crippen LogP contribution in [0.1, 0.15) is 354 Å². The number of rotatable bonds is 56. The predicted octanol–water partition coefficient (Wildman–Crippen LogP) is 19.5. The standard InChI is InChI=1S/C59H119NO3/c1-3-5-7-9-11-13-15-17-19-21-22-23-24-25-26-27-28-29-30-31-32-33-34-35-36-37-39-41-43-45-47-49-51-53-55-59(63)60-57(56-61)58(62)54-52-50-48-46-44-42-40-38-20-18-16-14-12-10-8-6-4-2/h57-58,61-62H,3-56H2,1-2H3,(H,60,63). The molecule has 0 saturated carbocycles. The van der Waals surface area contributed by atoms with Crippen molar-refractivity contribution >= 4 is 5.91 Å². The number of carbonyl (C=O) groups is 1. The summed E-state index contributed by atoms with van der Waals surface area (Å²) in [4.78, 5) is 12.5. The third kappa shape index (κ3) is 52.2. The molecular weight excluding hydrogens is 771 g/mol. The summed E-state index contributed by atoms with van der Waals surface area (Å²) in [6, 6.07) is -0.531. The number of unbranched alkanes of at least 4 members (excludes halogenated alkanes) is 49. The quantitative estimate of drug-likeness (QED) is 0.0533. The fraction of sp³-hybridized carbons (Fsp3) is 0.983. The summed E-state index contributed by atoms with van der Waals surface area (Å²) in [5.74, 6) is -0.0218. The normalized spacial score (nSPS) is 12.6. The van der Waals surface area contributed by atoms with Gasteiger partial charge in [-0.25, -0.2) is 0 Å². The molecule has 4 heteroatoms. The van der Waals surface area contributed by atoms with Crippen LogP contribution < -0.4 is 5.32 Å². The molecule has 0 spiro atoms. The summed E-state index contributed by atoms with van der Waals surface area (Å²) < 4.78 is 0. The summed E-state index contributed by atoms with van der Waals surface area (Å²) in [7, 11) is 0. The van der Waals surface area contributed by atoms with Gasteiger partial charge >= 0.3 is 0 Å². The van der Waals surface area contributed by atoms with Gasteiger partial charge in [-0.1, -0.05) is 335 Å². The molecule has 4 nitrogen and oxygen atoms in total. The first kappa shape index (κ1) is 62.4. The number of aliphatic hydroxyl groups excluding tert-OH is 2. The first-order chi connectivity index (χ1) is 31.2. The van der Waals surface area contributed by atoms with E-state index >= 15 is 0 Å². The second-order valence-electron chi connectivity index (χ2n) is 20.8. The molecule has 0 aromatic rings. The Hall–Kier alpha value is -0.610. The van der Waals surface area contributed by atoms with Crippen molar-refractivity contribution in [2.45, 2.75) is 366 Å². The zero-order chi connectivity index (χ0) is 45.6. The molecule has 3 N–H and O–H groups in total. The molecule has 0 fully saturated rings. The second-order valence-corrected chi connectivity index (χ2v) is 20.8.